The summed E-state index contributed by atoms with van der Waals surface area (Å²) in [5, 5.41) is 7.45. The van der Waals surface area contributed by atoms with E-state index in [1.807, 2.05) is 29.9 Å². The van der Waals surface area contributed by atoms with Crippen LogP contribution in [0, 0.1) is 0 Å². The van der Waals surface area contributed by atoms with Crippen molar-refractivity contribution in [3.05, 3.63) is 31.0 Å². The molecule has 110 valence electrons. The number of rotatable bonds is 6. The molecule has 3 aromatic rings. The van der Waals surface area contributed by atoms with Crippen LogP contribution in [0.4, 0.5) is 5.82 Å². The summed E-state index contributed by atoms with van der Waals surface area (Å²) in [4.78, 5) is 8.77. The summed E-state index contributed by atoms with van der Waals surface area (Å²) in [6.07, 6.45) is 10.0. The van der Waals surface area contributed by atoms with Crippen LogP contribution in [-0.2, 0) is 6.54 Å². The number of ether oxygens (including phenoxy) is 1. The summed E-state index contributed by atoms with van der Waals surface area (Å²) in [6, 6.07) is 0. The molecule has 0 atom stereocenters. The fourth-order valence-corrected chi connectivity index (χ4v) is 1.99. The zero-order chi connectivity index (χ0) is 14.7. The minimum atomic E-state index is 0.469. The van der Waals surface area contributed by atoms with Gasteiger partial charge in [0.05, 0.1) is 18.6 Å². The molecule has 0 aliphatic rings. The van der Waals surface area contributed by atoms with Gasteiger partial charge in [-0.1, -0.05) is 6.92 Å². The predicted molar refractivity (Wildman–Crippen MR) is 79.7 cm³/mol. The minimum Gasteiger partial charge on any atom is -0.432 e. The monoisotopic (exact) mass is 286 g/mol. The van der Waals surface area contributed by atoms with Crippen molar-refractivity contribution in [2.75, 3.05) is 11.9 Å². The van der Waals surface area contributed by atoms with Crippen molar-refractivity contribution in [2.45, 2.75) is 26.8 Å². The highest BCUT2D eigenvalue weighted by Crippen LogP contribution is 2.24. The van der Waals surface area contributed by atoms with Gasteiger partial charge in [-0.2, -0.15) is 10.1 Å². The van der Waals surface area contributed by atoms with E-state index in [-0.39, 0.29) is 0 Å². The van der Waals surface area contributed by atoms with Crippen LogP contribution in [0.3, 0.4) is 0 Å². The average molecular weight is 286 g/mol. The Labute approximate surface area is 122 Å². The third-order valence-corrected chi connectivity index (χ3v) is 3.05. The molecule has 7 nitrogen and oxygen atoms in total. The van der Waals surface area contributed by atoms with Crippen LogP contribution in [0.15, 0.2) is 31.0 Å². The molecule has 0 spiro atoms. The van der Waals surface area contributed by atoms with E-state index in [0.717, 1.165) is 25.3 Å². The van der Waals surface area contributed by atoms with E-state index in [9.17, 15) is 0 Å². The maximum absolute atomic E-state index is 5.84. The molecular weight excluding hydrogens is 268 g/mol. The quantitative estimate of drug-likeness (QED) is 0.754. The number of hydrogen-bond donors (Lipinski definition) is 1. The van der Waals surface area contributed by atoms with E-state index in [4.69, 9.17) is 4.74 Å². The van der Waals surface area contributed by atoms with Gasteiger partial charge in [-0.3, -0.25) is 9.08 Å². The van der Waals surface area contributed by atoms with E-state index in [1.165, 1.54) is 0 Å². The maximum atomic E-state index is 5.84. The molecule has 21 heavy (non-hydrogen) atoms. The number of nitrogens with one attached hydrogen (secondary N) is 1. The molecule has 7 heteroatoms. The first-order valence-electron chi connectivity index (χ1n) is 7.08. The van der Waals surface area contributed by atoms with Crippen molar-refractivity contribution in [1.29, 1.82) is 0 Å². The molecule has 0 saturated carbocycles. The predicted octanol–water partition coefficient (Wildman–Crippen LogP) is 2.56. The van der Waals surface area contributed by atoms with E-state index in [0.29, 0.717) is 17.3 Å². The number of aryl methyl sites for hydroxylation is 1. The largest absolute Gasteiger partial charge is 0.432 e. The third kappa shape index (κ3) is 2.81. The first-order valence-corrected chi connectivity index (χ1v) is 7.08. The van der Waals surface area contributed by atoms with Crippen LogP contribution < -0.4 is 10.1 Å². The van der Waals surface area contributed by atoms with Crippen molar-refractivity contribution in [1.82, 2.24) is 24.1 Å². The molecule has 0 radical (unpaired) electrons. The normalized spacial score (nSPS) is 11.0. The zero-order valence-corrected chi connectivity index (χ0v) is 12.2. The summed E-state index contributed by atoms with van der Waals surface area (Å²) in [5.41, 5.74) is 0.682. The first kappa shape index (κ1) is 13.4. The third-order valence-electron chi connectivity index (χ3n) is 3.05. The highest BCUT2D eigenvalue weighted by molar-refractivity contribution is 5.54. The molecule has 0 aliphatic carbocycles. The fourth-order valence-electron chi connectivity index (χ4n) is 1.99. The van der Waals surface area contributed by atoms with Gasteiger partial charge in [0.1, 0.15) is 5.82 Å². The highest BCUT2D eigenvalue weighted by atomic mass is 16.5. The Morgan fingerprint density at radius 3 is 2.95 bits per heavy atom. The molecule has 3 heterocycles. The Morgan fingerprint density at radius 2 is 2.19 bits per heavy atom. The van der Waals surface area contributed by atoms with Crippen LogP contribution >= 0.6 is 0 Å². The zero-order valence-electron chi connectivity index (χ0n) is 12.2. The van der Waals surface area contributed by atoms with Gasteiger partial charge in [-0.05, 0) is 13.3 Å². The van der Waals surface area contributed by atoms with Crippen LogP contribution in [0.2, 0.25) is 0 Å². The number of anilines is 1. The Kier molecular flexibility index (Phi) is 3.72. The minimum absolute atomic E-state index is 0.469. The second-order valence-electron chi connectivity index (χ2n) is 4.65. The van der Waals surface area contributed by atoms with Crippen molar-refractivity contribution >= 4 is 11.5 Å². The van der Waals surface area contributed by atoms with Gasteiger partial charge in [0.15, 0.2) is 5.75 Å². The van der Waals surface area contributed by atoms with E-state index < -0.39 is 0 Å². The fraction of sp³-hybridized carbons (Fsp3) is 0.357. The lowest BCUT2D eigenvalue weighted by atomic mass is 10.5. The molecule has 0 amide bonds. The van der Waals surface area contributed by atoms with Gasteiger partial charge in [-0.25, -0.2) is 4.98 Å². The van der Waals surface area contributed by atoms with Gasteiger partial charge in [-0.15, -0.1) is 0 Å². The van der Waals surface area contributed by atoms with Gasteiger partial charge >= 0.3 is 0 Å². The van der Waals surface area contributed by atoms with Crippen molar-refractivity contribution in [2.24, 2.45) is 0 Å². The van der Waals surface area contributed by atoms with Crippen molar-refractivity contribution in [3.8, 4) is 11.6 Å². The Hall–Kier alpha value is -2.57. The number of hydrogen-bond acceptors (Lipinski definition) is 5. The van der Waals surface area contributed by atoms with E-state index in [2.05, 4.69) is 27.3 Å². The summed E-state index contributed by atoms with van der Waals surface area (Å²) in [7, 11) is 0. The SMILES string of the molecule is CCCNc1cn2ccnc2c(Oc2cnn(CC)c2)n1. The molecule has 3 aromatic heterocycles. The maximum Gasteiger partial charge on any atom is 0.265 e. The standard InChI is InChI=1S/C14H18N6O/c1-3-5-15-12-10-19-7-6-16-13(19)14(18-12)21-11-8-17-20(4-2)9-11/h6-10,15H,3-5H2,1-2H3. The van der Waals surface area contributed by atoms with Gasteiger partial charge in [0, 0.05) is 25.5 Å². The summed E-state index contributed by atoms with van der Waals surface area (Å²) >= 11 is 0. The van der Waals surface area contributed by atoms with Crippen LogP contribution in [0.25, 0.3) is 5.65 Å². The number of aromatic nitrogens is 5. The molecule has 0 aromatic carbocycles. The average Bonchev–Trinajstić information content (AvgIpc) is 3.13. The molecule has 1 N–H and O–H groups in total. The van der Waals surface area contributed by atoms with Crippen LogP contribution in [-0.4, -0.2) is 30.7 Å². The topological polar surface area (TPSA) is 69.3 Å². The Bertz CT molecular complexity index is 732. The summed E-state index contributed by atoms with van der Waals surface area (Å²) in [6.45, 7) is 5.80. The van der Waals surface area contributed by atoms with Crippen LogP contribution in [0.1, 0.15) is 20.3 Å². The molecule has 0 aliphatic heterocycles. The molecule has 0 saturated heterocycles. The van der Waals surface area contributed by atoms with Gasteiger partial charge < -0.3 is 10.1 Å². The number of imidazole rings is 1. The van der Waals surface area contributed by atoms with Gasteiger partial charge in [0.25, 0.3) is 5.88 Å². The second-order valence-corrected chi connectivity index (χ2v) is 4.65. The Morgan fingerprint density at radius 1 is 1.29 bits per heavy atom. The molecule has 0 fully saturated rings. The van der Waals surface area contributed by atoms with Crippen molar-refractivity contribution < 1.29 is 4.74 Å². The van der Waals surface area contributed by atoms with E-state index in [1.54, 1.807) is 17.1 Å². The summed E-state index contributed by atoms with van der Waals surface area (Å²) in [5.74, 6) is 1.89. The number of nitrogens with zero attached hydrogens (tertiary/aromatic N) is 5. The van der Waals surface area contributed by atoms with Crippen molar-refractivity contribution in [3.63, 3.8) is 0 Å². The summed E-state index contributed by atoms with van der Waals surface area (Å²) < 4.78 is 9.53. The first-order chi connectivity index (χ1) is 10.3. The second kappa shape index (κ2) is 5.82. The highest BCUT2D eigenvalue weighted by Gasteiger charge is 2.11. The number of fused-ring (bicyclic) bond motifs is 1. The lowest BCUT2D eigenvalue weighted by Gasteiger charge is -2.08. The lowest BCUT2D eigenvalue weighted by Crippen LogP contribution is -2.04. The molecular formula is C14H18N6O. The van der Waals surface area contributed by atoms with Crippen LogP contribution in [0.5, 0.6) is 11.6 Å². The molecule has 0 bridgehead atoms. The Balaban J connectivity index is 1.93. The molecule has 3 rings (SSSR count). The smallest absolute Gasteiger partial charge is 0.265 e. The van der Waals surface area contributed by atoms with E-state index >= 15 is 0 Å². The van der Waals surface area contributed by atoms with Gasteiger partial charge in [0.2, 0.25) is 5.65 Å². The molecule has 0 unspecified atom stereocenters. The lowest BCUT2D eigenvalue weighted by molar-refractivity contribution is 0.464.